The molecule has 0 aromatic heterocycles. The van der Waals surface area contributed by atoms with Gasteiger partial charge in [0.1, 0.15) is 6.54 Å². The lowest BCUT2D eigenvalue weighted by molar-refractivity contribution is -0.385. The van der Waals surface area contributed by atoms with Gasteiger partial charge in [0.05, 0.1) is 27.6 Å². The van der Waals surface area contributed by atoms with Crippen molar-refractivity contribution in [1.29, 1.82) is 0 Å². The van der Waals surface area contributed by atoms with Crippen molar-refractivity contribution < 1.29 is 33.5 Å². The van der Waals surface area contributed by atoms with Crippen molar-refractivity contribution in [2.75, 3.05) is 13.3 Å². The number of hydrogen-bond donors (Lipinski definition) is 0. The fraction of sp³-hybridized carbons (Fsp3) is 0.353. The van der Waals surface area contributed by atoms with Gasteiger partial charge >= 0.3 is 5.97 Å². The van der Waals surface area contributed by atoms with E-state index in [-0.39, 0.29) is 34.8 Å². The number of carbonyl (C=O) groups excluding carboxylic acids is 3. The molecule has 1 atom stereocenters. The Morgan fingerprint density at radius 1 is 1.39 bits per heavy atom. The molecule has 0 spiro atoms. The Labute approximate surface area is 163 Å². The van der Waals surface area contributed by atoms with Crippen LogP contribution in [0.25, 0.3) is 6.08 Å². The first kappa shape index (κ1) is 19.7. The topological polar surface area (TPSA) is 125 Å². The van der Waals surface area contributed by atoms with Gasteiger partial charge in [0.2, 0.25) is 6.79 Å². The van der Waals surface area contributed by atoms with Crippen molar-refractivity contribution >= 4 is 40.6 Å². The van der Waals surface area contributed by atoms with Crippen molar-refractivity contribution in [3.63, 3.8) is 0 Å². The van der Waals surface area contributed by atoms with Gasteiger partial charge in [-0.3, -0.25) is 29.4 Å². The largest absolute Gasteiger partial charge is 0.461 e. The molecule has 0 N–H and O–H groups in total. The van der Waals surface area contributed by atoms with Crippen LogP contribution in [0, 0.1) is 10.1 Å². The normalized spacial score (nSPS) is 17.9. The molecule has 2 heterocycles. The van der Waals surface area contributed by atoms with Gasteiger partial charge in [-0.25, -0.2) is 0 Å². The van der Waals surface area contributed by atoms with Gasteiger partial charge in [0, 0.05) is 0 Å². The third-order valence-electron chi connectivity index (χ3n) is 4.07. The Balaban J connectivity index is 1.84. The number of hydrogen-bond acceptors (Lipinski definition) is 9. The molecule has 10 nitrogen and oxygen atoms in total. The molecule has 1 saturated heterocycles. The average molecular weight is 408 g/mol. The number of carbonyl (C=O) groups is 3. The first-order valence-electron chi connectivity index (χ1n) is 8.33. The van der Waals surface area contributed by atoms with E-state index in [1.807, 2.05) is 6.92 Å². The van der Waals surface area contributed by atoms with Crippen LogP contribution in [0.15, 0.2) is 17.0 Å². The minimum absolute atomic E-state index is 0.0386. The standard InChI is InChI=1S/C17H16N2O8S/c1-3-9(2)27-15(20)7-18-16(21)14(28-17(18)22)5-10-4-12-13(26-8-25-12)6-11(10)19(23)24/h4-6,9H,3,7-8H2,1-2H3/b14-5-/t9-/m1/s1. The number of amides is 2. The van der Waals surface area contributed by atoms with E-state index >= 15 is 0 Å². The summed E-state index contributed by atoms with van der Waals surface area (Å²) >= 11 is 0.593. The zero-order chi connectivity index (χ0) is 20.4. The second-order valence-electron chi connectivity index (χ2n) is 6.00. The number of nitro benzene ring substituents is 1. The van der Waals surface area contributed by atoms with E-state index in [0.29, 0.717) is 23.9 Å². The van der Waals surface area contributed by atoms with Gasteiger partial charge in [0.25, 0.3) is 16.8 Å². The number of nitro groups is 1. The first-order valence-corrected chi connectivity index (χ1v) is 9.14. The molecular formula is C17H16N2O8S. The number of ether oxygens (including phenoxy) is 3. The fourth-order valence-electron chi connectivity index (χ4n) is 2.47. The van der Waals surface area contributed by atoms with Crippen molar-refractivity contribution in [2.45, 2.75) is 26.4 Å². The molecular weight excluding hydrogens is 392 g/mol. The molecule has 1 aromatic carbocycles. The van der Waals surface area contributed by atoms with Crippen LogP contribution in [0.1, 0.15) is 25.8 Å². The zero-order valence-corrected chi connectivity index (χ0v) is 15.8. The minimum atomic E-state index is -0.719. The molecule has 148 valence electrons. The number of rotatable bonds is 6. The van der Waals surface area contributed by atoms with E-state index in [2.05, 4.69) is 0 Å². The summed E-state index contributed by atoms with van der Waals surface area (Å²) in [4.78, 5) is 47.9. The molecule has 2 aliphatic heterocycles. The molecule has 3 rings (SSSR count). The van der Waals surface area contributed by atoms with E-state index in [4.69, 9.17) is 14.2 Å². The SMILES string of the molecule is CC[C@@H](C)OC(=O)CN1C(=O)S/C(=C\c2cc3c(cc2[N+](=O)[O-])OCO3)C1=O. The van der Waals surface area contributed by atoms with Crippen LogP contribution >= 0.6 is 11.8 Å². The highest BCUT2D eigenvalue weighted by atomic mass is 32.2. The Bertz CT molecular complexity index is 897. The van der Waals surface area contributed by atoms with Crippen molar-refractivity contribution in [1.82, 2.24) is 4.90 Å². The summed E-state index contributed by atoms with van der Waals surface area (Å²) in [5.41, 5.74) is -0.214. The molecule has 2 aliphatic rings. The lowest BCUT2D eigenvalue weighted by Gasteiger charge is -2.14. The number of nitrogens with zero attached hydrogens (tertiary/aromatic N) is 2. The molecule has 0 aliphatic carbocycles. The molecule has 11 heteroatoms. The molecule has 0 radical (unpaired) electrons. The molecule has 0 bridgehead atoms. The van der Waals surface area contributed by atoms with Gasteiger partial charge in [-0.1, -0.05) is 6.92 Å². The van der Waals surface area contributed by atoms with Gasteiger partial charge in [-0.05, 0) is 37.2 Å². The Hall–Kier alpha value is -3.08. The van der Waals surface area contributed by atoms with Gasteiger partial charge in [0.15, 0.2) is 11.5 Å². The summed E-state index contributed by atoms with van der Waals surface area (Å²) in [7, 11) is 0. The summed E-state index contributed by atoms with van der Waals surface area (Å²) in [6.45, 7) is 2.95. The lowest BCUT2D eigenvalue weighted by atomic mass is 10.1. The lowest BCUT2D eigenvalue weighted by Crippen LogP contribution is -2.35. The predicted octanol–water partition coefficient (Wildman–Crippen LogP) is 2.70. The van der Waals surface area contributed by atoms with Crippen LogP contribution in [0.2, 0.25) is 0 Å². The molecule has 1 aromatic rings. The minimum Gasteiger partial charge on any atom is -0.461 e. The Morgan fingerprint density at radius 2 is 2.07 bits per heavy atom. The number of imide groups is 1. The second-order valence-corrected chi connectivity index (χ2v) is 6.99. The van der Waals surface area contributed by atoms with E-state index in [0.717, 1.165) is 4.90 Å². The Morgan fingerprint density at radius 3 is 2.71 bits per heavy atom. The quantitative estimate of drug-likeness (QED) is 0.302. The van der Waals surface area contributed by atoms with Crippen LogP contribution in [0.5, 0.6) is 11.5 Å². The fourth-order valence-corrected chi connectivity index (χ4v) is 3.30. The highest BCUT2D eigenvalue weighted by Gasteiger charge is 2.37. The first-order chi connectivity index (χ1) is 13.3. The molecule has 0 saturated carbocycles. The smallest absolute Gasteiger partial charge is 0.326 e. The second kappa shape index (κ2) is 7.89. The van der Waals surface area contributed by atoms with E-state index in [9.17, 15) is 24.5 Å². The van der Waals surface area contributed by atoms with Gasteiger partial charge in [-0.2, -0.15) is 0 Å². The summed E-state index contributed by atoms with van der Waals surface area (Å²) in [5.74, 6) is -0.895. The van der Waals surface area contributed by atoms with Crippen molar-refractivity contribution in [3.8, 4) is 11.5 Å². The van der Waals surface area contributed by atoms with Crippen molar-refractivity contribution in [2.24, 2.45) is 0 Å². The molecule has 2 amide bonds. The average Bonchev–Trinajstić information content (AvgIpc) is 3.20. The van der Waals surface area contributed by atoms with E-state index in [1.165, 1.54) is 18.2 Å². The van der Waals surface area contributed by atoms with Crippen LogP contribution in [0.4, 0.5) is 10.5 Å². The highest BCUT2D eigenvalue weighted by molar-refractivity contribution is 8.18. The number of thioether (sulfide) groups is 1. The van der Waals surface area contributed by atoms with E-state index in [1.54, 1.807) is 6.92 Å². The number of esters is 1. The predicted molar refractivity (Wildman–Crippen MR) is 97.7 cm³/mol. The van der Waals surface area contributed by atoms with Gasteiger partial charge < -0.3 is 14.2 Å². The van der Waals surface area contributed by atoms with Gasteiger partial charge in [-0.15, -0.1) is 0 Å². The monoisotopic (exact) mass is 408 g/mol. The van der Waals surface area contributed by atoms with Crippen LogP contribution < -0.4 is 9.47 Å². The number of benzene rings is 1. The number of fused-ring (bicyclic) bond motifs is 1. The zero-order valence-electron chi connectivity index (χ0n) is 15.0. The maximum Gasteiger partial charge on any atom is 0.326 e. The van der Waals surface area contributed by atoms with Crippen LogP contribution in [-0.4, -0.2) is 46.4 Å². The third-order valence-corrected chi connectivity index (χ3v) is 4.98. The van der Waals surface area contributed by atoms with E-state index < -0.39 is 28.6 Å². The summed E-state index contributed by atoms with van der Waals surface area (Å²) in [5, 5.41) is 10.7. The molecule has 28 heavy (non-hydrogen) atoms. The van der Waals surface area contributed by atoms with Crippen LogP contribution in [0.3, 0.4) is 0 Å². The van der Waals surface area contributed by atoms with Crippen molar-refractivity contribution in [3.05, 3.63) is 32.7 Å². The molecule has 1 fully saturated rings. The maximum atomic E-state index is 12.5. The summed E-state index contributed by atoms with van der Waals surface area (Å²) in [6.07, 6.45) is 1.49. The van der Waals surface area contributed by atoms with Crippen LogP contribution in [-0.2, 0) is 14.3 Å². The third kappa shape index (κ3) is 3.93. The summed E-state index contributed by atoms with van der Waals surface area (Å²) < 4.78 is 15.4. The Kier molecular flexibility index (Phi) is 5.54. The molecule has 0 unspecified atom stereocenters. The summed E-state index contributed by atoms with van der Waals surface area (Å²) in [6, 6.07) is 2.56. The maximum absolute atomic E-state index is 12.5. The highest BCUT2D eigenvalue weighted by Crippen LogP contribution is 2.40.